The van der Waals surface area contributed by atoms with E-state index in [1.165, 1.54) is 0 Å². The lowest BCUT2D eigenvalue weighted by Crippen LogP contribution is -2.34. The van der Waals surface area contributed by atoms with Crippen molar-refractivity contribution in [1.82, 2.24) is 0 Å². The van der Waals surface area contributed by atoms with Crippen molar-refractivity contribution in [2.45, 2.75) is 19.1 Å². The molecule has 0 heterocycles. The number of esters is 1. The summed E-state index contributed by atoms with van der Waals surface area (Å²) in [6, 6.07) is 17.2. The van der Waals surface area contributed by atoms with E-state index in [4.69, 9.17) is 16.3 Å². The Hall–Kier alpha value is -4.10. The van der Waals surface area contributed by atoms with Crippen LogP contribution in [0.5, 0.6) is 11.5 Å². The predicted molar refractivity (Wildman–Crippen MR) is 126 cm³/mol. The Labute approximate surface area is 200 Å². The third-order valence-electron chi connectivity index (χ3n) is 5.38. The summed E-state index contributed by atoms with van der Waals surface area (Å²) in [4.78, 5) is 37.6. The lowest BCUT2D eigenvalue weighted by molar-refractivity contribution is -0.145. The molecular weight excluding hydrogens is 458 g/mol. The van der Waals surface area contributed by atoms with Crippen LogP contribution in [0.4, 0.5) is 5.69 Å². The van der Waals surface area contributed by atoms with Gasteiger partial charge in [0.05, 0.1) is 11.1 Å². The Kier molecular flexibility index (Phi) is 6.65. The quantitative estimate of drug-likeness (QED) is 0.262. The molecule has 0 bridgehead atoms. The van der Waals surface area contributed by atoms with Crippen LogP contribution in [0.15, 0.2) is 72.8 Å². The largest absolute Gasteiger partial charge is 0.505 e. The van der Waals surface area contributed by atoms with Gasteiger partial charge in [-0.05, 0) is 23.3 Å². The van der Waals surface area contributed by atoms with Gasteiger partial charge in [-0.15, -0.1) is 0 Å². The van der Waals surface area contributed by atoms with Crippen molar-refractivity contribution in [2.24, 2.45) is 0 Å². The number of hydrogen-bond donors (Lipinski definition) is 3. The third kappa shape index (κ3) is 4.65. The molecule has 4 rings (SSSR count). The smallest absolute Gasteiger partial charge is 0.329 e. The van der Waals surface area contributed by atoms with Crippen LogP contribution in [0.2, 0.25) is 5.02 Å². The minimum Gasteiger partial charge on any atom is -0.505 e. The first-order valence-corrected chi connectivity index (χ1v) is 10.8. The number of hydrogen-bond acceptors (Lipinski definition) is 7. The number of anilines is 1. The van der Waals surface area contributed by atoms with E-state index in [1.807, 2.05) is 60.7 Å². The number of aromatic hydroxyl groups is 2. The number of phenols is 2. The molecule has 172 valence electrons. The molecule has 0 fully saturated rings. The molecule has 1 aliphatic carbocycles. The van der Waals surface area contributed by atoms with E-state index in [0.29, 0.717) is 0 Å². The third-order valence-corrected chi connectivity index (χ3v) is 5.74. The second-order valence-electron chi connectivity index (χ2n) is 7.68. The summed E-state index contributed by atoms with van der Waals surface area (Å²) in [5.74, 6) is -3.26. The molecule has 3 aromatic carbocycles. The predicted octanol–water partition coefficient (Wildman–Crippen LogP) is 4.45. The van der Waals surface area contributed by atoms with Crippen molar-refractivity contribution >= 4 is 34.8 Å². The van der Waals surface area contributed by atoms with E-state index in [9.17, 15) is 24.6 Å². The highest BCUT2D eigenvalue weighted by Crippen LogP contribution is 2.46. The second kappa shape index (κ2) is 9.80. The van der Waals surface area contributed by atoms with Gasteiger partial charge in [0.2, 0.25) is 0 Å². The number of benzene rings is 3. The molecule has 0 saturated heterocycles. The van der Waals surface area contributed by atoms with Gasteiger partial charge in [-0.25, -0.2) is 4.79 Å². The number of fused-ring (bicyclic) bond motifs is 1. The molecule has 0 unspecified atom stereocenters. The van der Waals surface area contributed by atoms with E-state index in [0.717, 1.165) is 23.3 Å². The zero-order chi connectivity index (χ0) is 24.2. The van der Waals surface area contributed by atoms with Crippen LogP contribution in [0.3, 0.4) is 0 Å². The number of ketones is 2. The van der Waals surface area contributed by atoms with E-state index >= 15 is 0 Å². The fourth-order valence-corrected chi connectivity index (χ4v) is 3.91. The highest BCUT2D eigenvalue weighted by molar-refractivity contribution is 6.37. The number of ether oxygens (including phenoxy) is 1. The van der Waals surface area contributed by atoms with Gasteiger partial charge in [0.15, 0.2) is 17.3 Å². The Bertz CT molecular complexity index is 1290. The molecule has 0 radical (unpaired) electrons. The molecule has 0 amide bonds. The molecule has 3 N–H and O–H groups in total. The van der Waals surface area contributed by atoms with Crippen molar-refractivity contribution in [2.75, 3.05) is 5.32 Å². The van der Waals surface area contributed by atoms with Crippen LogP contribution in [-0.4, -0.2) is 33.8 Å². The lowest BCUT2D eigenvalue weighted by atomic mass is 9.92. The molecule has 3 aromatic rings. The summed E-state index contributed by atoms with van der Waals surface area (Å²) in [5, 5.41) is 23.8. The van der Waals surface area contributed by atoms with Crippen LogP contribution in [-0.2, 0) is 22.6 Å². The van der Waals surface area contributed by atoms with Crippen molar-refractivity contribution in [3.05, 3.63) is 100 Å². The highest BCUT2D eigenvalue weighted by atomic mass is 35.5. The van der Waals surface area contributed by atoms with Gasteiger partial charge in [-0.3, -0.25) is 9.59 Å². The second-order valence-corrected chi connectivity index (χ2v) is 8.06. The van der Waals surface area contributed by atoms with Crippen molar-refractivity contribution in [1.29, 1.82) is 0 Å². The van der Waals surface area contributed by atoms with Gasteiger partial charge in [0.25, 0.3) is 0 Å². The molecule has 34 heavy (non-hydrogen) atoms. The van der Waals surface area contributed by atoms with Crippen LogP contribution in [0.1, 0.15) is 31.8 Å². The van der Waals surface area contributed by atoms with E-state index < -0.39 is 35.1 Å². The minimum absolute atomic E-state index is 0.0274. The van der Waals surface area contributed by atoms with Crippen molar-refractivity contribution in [3.8, 4) is 11.5 Å². The Morgan fingerprint density at radius 1 is 0.853 bits per heavy atom. The first kappa shape index (κ1) is 23.1. The fraction of sp³-hybridized carbons (Fsp3) is 0.115. The van der Waals surface area contributed by atoms with Crippen LogP contribution >= 0.6 is 11.6 Å². The number of carbonyl (C=O) groups is 3. The Morgan fingerprint density at radius 2 is 1.38 bits per heavy atom. The molecule has 0 saturated carbocycles. The first-order valence-electron chi connectivity index (χ1n) is 10.4. The maximum absolute atomic E-state index is 13.0. The lowest BCUT2D eigenvalue weighted by Gasteiger charge is -2.23. The van der Waals surface area contributed by atoms with E-state index in [-0.39, 0.29) is 34.9 Å². The van der Waals surface area contributed by atoms with Gasteiger partial charge >= 0.3 is 5.97 Å². The highest BCUT2D eigenvalue weighted by Gasteiger charge is 2.33. The zero-order valence-electron chi connectivity index (χ0n) is 17.8. The monoisotopic (exact) mass is 477 g/mol. The average Bonchev–Trinajstić information content (AvgIpc) is 2.85. The summed E-state index contributed by atoms with van der Waals surface area (Å²) in [6.45, 7) is 0.0274. The topological polar surface area (TPSA) is 113 Å². The van der Waals surface area contributed by atoms with Gasteiger partial charge in [0, 0.05) is 6.42 Å². The summed E-state index contributed by atoms with van der Waals surface area (Å²) >= 11 is 6.26. The normalized spacial score (nSPS) is 13.3. The molecular formula is C26H20ClNO6. The standard InChI is InChI=1S/C26H20ClNO6/c27-22-23(25(32)21-19(30)12-11-18(29)20(21)24(22)31)28-17(13-15-7-3-1-4-8-15)26(33)34-14-16-9-5-2-6-10-16/h1-12,17,28,31-32H,13-14H2/t17-/m0/s1. The van der Waals surface area contributed by atoms with Crippen LogP contribution in [0, 0.1) is 0 Å². The molecule has 0 aliphatic heterocycles. The summed E-state index contributed by atoms with van der Waals surface area (Å²) < 4.78 is 5.47. The molecule has 1 aliphatic rings. The molecule has 7 nitrogen and oxygen atoms in total. The van der Waals surface area contributed by atoms with Crippen molar-refractivity contribution in [3.63, 3.8) is 0 Å². The summed E-state index contributed by atoms with van der Waals surface area (Å²) in [5.41, 5.74) is 0.577. The number of allylic oxidation sites excluding steroid dienone is 2. The van der Waals surface area contributed by atoms with Gasteiger partial charge in [-0.1, -0.05) is 72.3 Å². The van der Waals surface area contributed by atoms with Gasteiger partial charge in [-0.2, -0.15) is 0 Å². The van der Waals surface area contributed by atoms with Gasteiger partial charge < -0.3 is 20.3 Å². The maximum atomic E-state index is 13.0. The number of rotatable bonds is 7. The van der Waals surface area contributed by atoms with E-state index in [2.05, 4.69) is 5.32 Å². The zero-order valence-corrected chi connectivity index (χ0v) is 18.6. The van der Waals surface area contributed by atoms with E-state index in [1.54, 1.807) is 0 Å². The number of halogens is 1. The van der Waals surface area contributed by atoms with Crippen LogP contribution < -0.4 is 5.32 Å². The SMILES string of the molecule is O=C1C=CC(=O)c2c(O)c(N[C@@H](Cc3ccccc3)C(=O)OCc3ccccc3)c(Cl)c(O)c21. The van der Waals surface area contributed by atoms with Crippen molar-refractivity contribution < 1.29 is 29.3 Å². The minimum atomic E-state index is -1.03. The van der Waals surface area contributed by atoms with Crippen LogP contribution in [0.25, 0.3) is 0 Å². The first-order chi connectivity index (χ1) is 16.4. The average molecular weight is 478 g/mol. The molecule has 0 aromatic heterocycles. The number of phenolic OH excluding ortho intramolecular Hbond substituents is 2. The molecule has 1 atom stereocenters. The Balaban J connectivity index is 1.68. The maximum Gasteiger partial charge on any atom is 0.329 e. The summed E-state index contributed by atoms with van der Waals surface area (Å²) in [7, 11) is 0. The number of carbonyl (C=O) groups excluding carboxylic acids is 3. The molecule has 0 spiro atoms. The molecule has 8 heteroatoms. The summed E-state index contributed by atoms with van der Waals surface area (Å²) in [6.07, 6.45) is 2.15. The van der Waals surface area contributed by atoms with Gasteiger partial charge in [0.1, 0.15) is 29.1 Å². The fourth-order valence-electron chi connectivity index (χ4n) is 3.67. The Morgan fingerprint density at radius 3 is 1.97 bits per heavy atom. The number of nitrogens with one attached hydrogen (secondary N) is 1.